The Morgan fingerprint density at radius 2 is 1.81 bits per heavy atom. The van der Waals surface area contributed by atoms with Crippen molar-refractivity contribution in [2.24, 2.45) is 5.41 Å². The minimum atomic E-state index is -3.66. The van der Waals surface area contributed by atoms with Crippen LogP contribution in [0.3, 0.4) is 0 Å². The molecule has 0 aliphatic heterocycles. The molecule has 0 N–H and O–H groups in total. The van der Waals surface area contributed by atoms with Crippen LogP contribution in [-0.4, -0.2) is 25.5 Å². The SMILES string of the molecule is CC(C)(C)CC(=O)N(Cc1ccco1)Cc1ccccc1OS(C)(=O)=O. The number of hydrogen-bond donors (Lipinski definition) is 0. The molecule has 2 aromatic rings. The van der Waals surface area contributed by atoms with Crippen LogP contribution in [0.15, 0.2) is 47.1 Å². The first kappa shape index (κ1) is 20.0. The summed E-state index contributed by atoms with van der Waals surface area (Å²) >= 11 is 0. The topological polar surface area (TPSA) is 76.8 Å². The van der Waals surface area contributed by atoms with Gasteiger partial charge >= 0.3 is 10.1 Å². The van der Waals surface area contributed by atoms with Crippen LogP contribution in [0.4, 0.5) is 0 Å². The Morgan fingerprint density at radius 1 is 1.12 bits per heavy atom. The highest BCUT2D eigenvalue weighted by Gasteiger charge is 2.23. The maximum absolute atomic E-state index is 12.8. The van der Waals surface area contributed by atoms with Gasteiger partial charge in [0.15, 0.2) is 0 Å². The second kappa shape index (κ2) is 7.95. The maximum Gasteiger partial charge on any atom is 0.306 e. The van der Waals surface area contributed by atoms with E-state index < -0.39 is 10.1 Å². The predicted molar refractivity (Wildman–Crippen MR) is 98.9 cm³/mol. The van der Waals surface area contributed by atoms with Crippen molar-refractivity contribution in [3.05, 3.63) is 54.0 Å². The Balaban J connectivity index is 2.27. The van der Waals surface area contributed by atoms with Crippen molar-refractivity contribution in [1.29, 1.82) is 0 Å². The largest absolute Gasteiger partial charge is 0.467 e. The Bertz CT molecular complexity index is 835. The first-order chi connectivity index (χ1) is 12.0. The summed E-state index contributed by atoms with van der Waals surface area (Å²) in [5.41, 5.74) is 0.452. The van der Waals surface area contributed by atoms with Gasteiger partial charge in [0.2, 0.25) is 5.91 Å². The van der Waals surface area contributed by atoms with Crippen molar-refractivity contribution in [2.75, 3.05) is 6.26 Å². The quantitative estimate of drug-likeness (QED) is 0.687. The monoisotopic (exact) mass is 379 g/mol. The number of para-hydroxylation sites is 1. The number of rotatable bonds is 7. The summed E-state index contributed by atoms with van der Waals surface area (Å²) < 4.78 is 33.4. The highest BCUT2D eigenvalue weighted by molar-refractivity contribution is 7.86. The molecule has 7 heteroatoms. The molecule has 1 aromatic carbocycles. The van der Waals surface area contributed by atoms with E-state index in [4.69, 9.17) is 8.60 Å². The molecule has 0 spiro atoms. The molecule has 0 aliphatic carbocycles. The Labute approximate surface area is 154 Å². The summed E-state index contributed by atoms with van der Waals surface area (Å²) in [4.78, 5) is 14.5. The average molecular weight is 379 g/mol. The number of nitrogens with zero attached hydrogens (tertiary/aromatic N) is 1. The smallest absolute Gasteiger partial charge is 0.306 e. The van der Waals surface area contributed by atoms with Gasteiger partial charge in [0.25, 0.3) is 0 Å². The Hall–Kier alpha value is -2.28. The standard InChI is InChI=1S/C19H25NO5S/c1-19(2,3)12-18(21)20(14-16-9-7-11-24-16)13-15-8-5-6-10-17(15)25-26(4,22)23/h5-11H,12-14H2,1-4H3. The van der Waals surface area contributed by atoms with Crippen molar-refractivity contribution < 1.29 is 21.8 Å². The molecule has 26 heavy (non-hydrogen) atoms. The molecule has 1 aromatic heterocycles. The zero-order chi connectivity index (χ0) is 19.4. The second-order valence-electron chi connectivity index (χ2n) is 7.46. The number of hydrogen-bond acceptors (Lipinski definition) is 5. The van der Waals surface area contributed by atoms with E-state index in [-0.39, 0.29) is 23.6 Å². The number of carbonyl (C=O) groups excluding carboxylic acids is 1. The fraction of sp³-hybridized carbons (Fsp3) is 0.421. The molecule has 0 saturated carbocycles. The van der Waals surface area contributed by atoms with E-state index in [0.717, 1.165) is 6.26 Å². The molecule has 0 radical (unpaired) electrons. The third kappa shape index (κ3) is 6.55. The van der Waals surface area contributed by atoms with Crippen molar-refractivity contribution in [1.82, 2.24) is 4.90 Å². The summed E-state index contributed by atoms with van der Waals surface area (Å²) in [5.74, 6) is 0.847. The third-order valence-electron chi connectivity index (χ3n) is 3.54. The van der Waals surface area contributed by atoms with E-state index in [1.54, 1.807) is 47.6 Å². The van der Waals surface area contributed by atoms with Gasteiger partial charge in [-0.3, -0.25) is 4.79 Å². The van der Waals surface area contributed by atoms with Crippen molar-refractivity contribution in [3.63, 3.8) is 0 Å². The van der Waals surface area contributed by atoms with E-state index in [1.165, 1.54) is 0 Å². The van der Waals surface area contributed by atoms with Gasteiger partial charge < -0.3 is 13.5 Å². The highest BCUT2D eigenvalue weighted by Crippen LogP contribution is 2.25. The van der Waals surface area contributed by atoms with Crippen molar-refractivity contribution in [3.8, 4) is 5.75 Å². The molecule has 0 aliphatic rings. The first-order valence-electron chi connectivity index (χ1n) is 8.31. The fourth-order valence-corrected chi connectivity index (χ4v) is 2.96. The molecule has 1 heterocycles. The first-order valence-corrected chi connectivity index (χ1v) is 10.1. The van der Waals surface area contributed by atoms with Gasteiger partial charge in [-0.25, -0.2) is 0 Å². The molecule has 2 rings (SSSR count). The number of benzene rings is 1. The van der Waals surface area contributed by atoms with Crippen LogP contribution < -0.4 is 4.18 Å². The van der Waals surface area contributed by atoms with Gasteiger partial charge in [-0.1, -0.05) is 39.0 Å². The van der Waals surface area contributed by atoms with Crippen LogP contribution in [0.25, 0.3) is 0 Å². The minimum Gasteiger partial charge on any atom is -0.467 e. The predicted octanol–water partition coefficient (Wildman–Crippen LogP) is 3.58. The van der Waals surface area contributed by atoms with Crippen LogP contribution in [0.5, 0.6) is 5.75 Å². The lowest BCUT2D eigenvalue weighted by atomic mass is 9.91. The summed E-state index contributed by atoms with van der Waals surface area (Å²) in [6, 6.07) is 10.4. The lowest BCUT2D eigenvalue weighted by molar-refractivity contribution is -0.134. The summed E-state index contributed by atoms with van der Waals surface area (Å²) in [7, 11) is -3.66. The van der Waals surface area contributed by atoms with Gasteiger partial charge in [-0.05, 0) is 23.6 Å². The average Bonchev–Trinajstić information content (AvgIpc) is 2.98. The normalized spacial score (nSPS) is 12.0. The molecule has 1 amide bonds. The maximum atomic E-state index is 12.8. The van der Waals surface area contributed by atoms with Crippen molar-refractivity contribution in [2.45, 2.75) is 40.3 Å². The summed E-state index contributed by atoms with van der Waals surface area (Å²) in [5, 5.41) is 0. The molecule has 0 saturated heterocycles. The zero-order valence-electron chi connectivity index (χ0n) is 15.6. The van der Waals surface area contributed by atoms with Gasteiger partial charge in [0.05, 0.1) is 19.1 Å². The number of furan rings is 1. The molecule has 142 valence electrons. The molecular weight excluding hydrogens is 354 g/mol. The van der Waals surface area contributed by atoms with Crippen LogP contribution >= 0.6 is 0 Å². The van der Waals surface area contributed by atoms with Crippen molar-refractivity contribution >= 4 is 16.0 Å². The second-order valence-corrected chi connectivity index (χ2v) is 9.04. The molecule has 0 unspecified atom stereocenters. The van der Waals surface area contributed by atoms with Gasteiger partial charge in [-0.2, -0.15) is 8.42 Å². The molecule has 0 atom stereocenters. The lowest BCUT2D eigenvalue weighted by Crippen LogP contribution is -2.32. The van der Waals surface area contributed by atoms with Gasteiger partial charge in [0, 0.05) is 18.5 Å². The fourth-order valence-electron chi connectivity index (χ4n) is 2.47. The number of amides is 1. The lowest BCUT2D eigenvalue weighted by Gasteiger charge is -2.26. The Morgan fingerprint density at radius 3 is 2.38 bits per heavy atom. The van der Waals surface area contributed by atoms with Crippen LogP contribution in [0.2, 0.25) is 0 Å². The van der Waals surface area contributed by atoms with Crippen LogP contribution in [0, 0.1) is 5.41 Å². The minimum absolute atomic E-state index is 0.0388. The van der Waals surface area contributed by atoms with E-state index in [2.05, 4.69) is 0 Å². The summed E-state index contributed by atoms with van der Waals surface area (Å²) in [6.45, 7) is 6.51. The van der Waals surface area contributed by atoms with Crippen LogP contribution in [-0.2, 0) is 28.0 Å². The third-order valence-corrected chi connectivity index (χ3v) is 4.02. The van der Waals surface area contributed by atoms with Gasteiger partial charge in [-0.15, -0.1) is 0 Å². The van der Waals surface area contributed by atoms with E-state index in [0.29, 0.717) is 24.3 Å². The molecule has 0 fully saturated rings. The van der Waals surface area contributed by atoms with Crippen LogP contribution in [0.1, 0.15) is 38.5 Å². The highest BCUT2D eigenvalue weighted by atomic mass is 32.2. The zero-order valence-corrected chi connectivity index (χ0v) is 16.4. The molecular formula is C19H25NO5S. The summed E-state index contributed by atoms with van der Waals surface area (Å²) in [6.07, 6.45) is 2.92. The van der Waals surface area contributed by atoms with E-state index in [9.17, 15) is 13.2 Å². The number of carbonyl (C=O) groups is 1. The Kier molecular flexibility index (Phi) is 6.13. The van der Waals surface area contributed by atoms with E-state index in [1.807, 2.05) is 20.8 Å². The van der Waals surface area contributed by atoms with E-state index >= 15 is 0 Å². The molecule has 0 bridgehead atoms. The molecule has 6 nitrogen and oxygen atoms in total. The van der Waals surface area contributed by atoms with Gasteiger partial charge in [0.1, 0.15) is 11.5 Å².